The van der Waals surface area contributed by atoms with Gasteiger partial charge in [0.2, 0.25) is 0 Å². The molecule has 0 unspecified atom stereocenters. The topological polar surface area (TPSA) is 45.7 Å². The molecule has 0 aliphatic carbocycles. The number of nitrogens with zero attached hydrogens (tertiary/aromatic N) is 3. The average molecular weight is 315 g/mol. The summed E-state index contributed by atoms with van der Waals surface area (Å²) in [5.41, 5.74) is 0.948. The summed E-state index contributed by atoms with van der Waals surface area (Å²) in [7, 11) is -3.10. The van der Waals surface area contributed by atoms with Gasteiger partial charge in [0.25, 0.3) is 0 Å². The Kier molecular flexibility index (Phi) is 3.40. The summed E-state index contributed by atoms with van der Waals surface area (Å²) >= 11 is 0. The van der Waals surface area contributed by atoms with Crippen molar-refractivity contribution in [3.63, 3.8) is 0 Å². The van der Waals surface area contributed by atoms with Crippen molar-refractivity contribution in [2.24, 2.45) is 0 Å². The lowest BCUT2D eigenvalue weighted by Crippen LogP contribution is -2.23. The van der Waals surface area contributed by atoms with E-state index < -0.39 is 7.67 Å². The SMILES string of the molecule is O=[P@]1(Oc2cccnc2)N(c2ccccc2)C[C@@H]2CCCN21. The fraction of sp³-hybridized carbons (Fsp3) is 0.312. The van der Waals surface area contributed by atoms with Gasteiger partial charge in [0, 0.05) is 31.0 Å². The first kappa shape index (κ1) is 13.8. The van der Waals surface area contributed by atoms with E-state index in [9.17, 15) is 4.57 Å². The molecule has 0 bridgehead atoms. The molecule has 2 aromatic rings. The predicted molar refractivity (Wildman–Crippen MR) is 86.0 cm³/mol. The van der Waals surface area contributed by atoms with Crippen molar-refractivity contribution in [2.45, 2.75) is 18.9 Å². The van der Waals surface area contributed by atoms with Gasteiger partial charge in [-0.25, -0.2) is 4.57 Å². The van der Waals surface area contributed by atoms with Gasteiger partial charge in [-0.3, -0.25) is 9.65 Å². The van der Waals surface area contributed by atoms with E-state index >= 15 is 0 Å². The summed E-state index contributed by atoms with van der Waals surface area (Å²) in [6.45, 7) is 1.58. The molecule has 2 aliphatic rings. The molecule has 2 atom stereocenters. The number of hydrogen-bond donors (Lipinski definition) is 0. The van der Waals surface area contributed by atoms with Crippen LogP contribution in [0, 0.1) is 0 Å². The summed E-state index contributed by atoms with van der Waals surface area (Å²) in [6.07, 6.45) is 5.45. The summed E-state index contributed by atoms with van der Waals surface area (Å²) in [4.78, 5) is 4.06. The highest BCUT2D eigenvalue weighted by molar-refractivity contribution is 7.59. The van der Waals surface area contributed by atoms with E-state index in [1.54, 1.807) is 24.5 Å². The third kappa shape index (κ3) is 2.21. The molecule has 22 heavy (non-hydrogen) atoms. The fourth-order valence-corrected chi connectivity index (χ4v) is 5.95. The lowest BCUT2D eigenvalue weighted by molar-refractivity contribution is 0.374. The van der Waals surface area contributed by atoms with E-state index in [1.807, 2.05) is 39.7 Å². The molecule has 3 heterocycles. The Morgan fingerprint density at radius 1 is 1.18 bits per heavy atom. The van der Waals surface area contributed by atoms with Crippen LogP contribution in [0.3, 0.4) is 0 Å². The van der Waals surface area contributed by atoms with Crippen LogP contribution >= 0.6 is 7.67 Å². The summed E-state index contributed by atoms with van der Waals surface area (Å²) in [5, 5.41) is 0. The number of para-hydroxylation sites is 1. The van der Waals surface area contributed by atoms with Crippen molar-refractivity contribution < 1.29 is 9.09 Å². The molecule has 1 aromatic heterocycles. The van der Waals surface area contributed by atoms with Crippen molar-refractivity contribution in [2.75, 3.05) is 17.8 Å². The zero-order chi connectivity index (χ0) is 15.0. The lowest BCUT2D eigenvalue weighted by atomic mass is 10.2. The summed E-state index contributed by atoms with van der Waals surface area (Å²) in [5.74, 6) is 0.555. The van der Waals surface area contributed by atoms with Crippen LogP contribution in [0.4, 0.5) is 5.69 Å². The van der Waals surface area contributed by atoms with E-state index in [4.69, 9.17) is 4.52 Å². The molecule has 0 amide bonds. The Morgan fingerprint density at radius 2 is 2.05 bits per heavy atom. The highest BCUT2D eigenvalue weighted by Crippen LogP contribution is 2.62. The molecule has 5 nitrogen and oxygen atoms in total. The van der Waals surface area contributed by atoms with Gasteiger partial charge in [0.1, 0.15) is 5.75 Å². The third-order valence-electron chi connectivity index (χ3n) is 4.27. The standard InChI is InChI=1S/C16H18N3O2P/c20-22(21-16-9-4-10-17-12-16)18-11-5-8-15(18)13-19(22)14-6-2-1-3-7-14/h1-4,6-7,9-10,12,15H,5,8,11,13H2/t15-,22+/m0/s1. The Labute approximate surface area is 130 Å². The second kappa shape index (κ2) is 5.41. The molecular formula is C16H18N3O2P. The average Bonchev–Trinajstić information content (AvgIpc) is 3.12. The van der Waals surface area contributed by atoms with Gasteiger partial charge in [-0.1, -0.05) is 18.2 Å². The van der Waals surface area contributed by atoms with Crippen molar-refractivity contribution in [1.82, 2.24) is 9.65 Å². The number of aromatic nitrogens is 1. The van der Waals surface area contributed by atoms with Crippen molar-refractivity contribution in [3.05, 3.63) is 54.9 Å². The van der Waals surface area contributed by atoms with Crippen LogP contribution in [-0.4, -0.2) is 28.8 Å². The first-order valence-electron chi connectivity index (χ1n) is 7.57. The minimum absolute atomic E-state index is 0.308. The molecule has 2 fully saturated rings. The van der Waals surface area contributed by atoms with Gasteiger partial charge in [0.05, 0.1) is 6.20 Å². The number of hydrogen-bond acceptors (Lipinski definition) is 3. The van der Waals surface area contributed by atoms with Crippen molar-refractivity contribution in [1.29, 1.82) is 0 Å². The van der Waals surface area contributed by atoms with Crippen LogP contribution in [0.15, 0.2) is 54.9 Å². The second-order valence-electron chi connectivity index (χ2n) is 5.65. The van der Waals surface area contributed by atoms with Gasteiger partial charge in [-0.2, -0.15) is 4.67 Å². The van der Waals surface area contributed by atoms with Gasteiger partial charge in [-0.05, 0) is 37.1 Å². The van der Waals surface area contributed by atoms with Crippen LogP contribution < -0.4 is 9.19 Å². The van der Waals surface area contributed by atoms with Crippen molar-refractivity contribution >= 4 is 13.4 Å². The van der Waals surface area contributed by atoms with E-state index in [-0.39, 0.29) is 0 Å². The maximum Gasteiger partial charge on any atom is 0.422 e. The predicted octanol–water partition coefficient (Wildman–Crippen LogP) is 3.55. The molecule has 2 saturated heterocycles. The molecule has 6 heteroatoms. The minimum Gasteiger partial charge on any atom is -0.416 e. The third-order valence-corrected chi connectivity index (χ3v) is 6.90. The Morgan fingerprint density at radius 3 is 2.82 bits per heavy atom. The molecule has 2 aliphatic heterocycles. The normalized spacial score (nSPS) is 27.8. The van der Waals surface area contributed by atoms with E-state index in [0.717, 1.165) is 31.6 Å². The molecular weight excluding hydrogens is 297 g/mol. The minimum atomic E-state index is -3.10. The number of rotatable bonds is 3. The maximum absolute atomic E-state index is 13.7. The molecule has 4 rings (SSSR count). The quantitative estimate of drug-likeness (QED) is 0.811. The Bertz CT molecular complexity index is 695. The zero-order valence-corrected chi connectivity index (χ0v) is 13.1. The summed E-state index contributed by atoms with van der Waals surface area (Å²) < 4.78 is 23.7. The van der Waals surface area contributed by atoms with Crippen LogP contribution in [0.5, 0.6) is 5.75 Å². The highest BCUT2D eigenvalue weighted by Gasteiger charge is 2.53. The van der Waals surface area contributed by atoms with Gasteiger partial charge >= 0.3 is 7.67 Å². The number of anilines is 1. The molecule has 114 valence electrons. The molecule has 1 aromatic carbocycles. The molecule has 0 saturated carbocycles. The van der Waals surface area contributed by atoms with Gasteiger partial charge < -0.3 is 4.52 Å². The summed E-state index contributed by atoms with van der Waals surface area (Å²) in [6, 6.07) is 13.8. The second-order valence-corrected chi connectivity index (χ2v) is 7.81. The first-order valence-corrected chi connectivity index (χ1v) is 9.10. The molecule has 0 spiro atoms. The van der Waals surface area contributed by atoms with Crippen LogP contribution in [0.1, 0.15) is 12.8 Å². The number of pyridine rings is 1. The van der Waals surface area contributed by atoms with Crippen molar-refractivity contribution in [3.8, 4) is 5.75 Å². The number of fused-ring (bicyclic) bond motifs is 1. The zero-order valence-electron chi connectivity index (χ0n) is 12.2. The van der Waals surface area contributed by atoms with E-state index in [1.165, 1.54) is 0 Å². The maximum atomic E-state index is 13.7. The molecule has 0 radical (unpaired) electrons. The largest absolute Gasteiger partial charge is 0.422 e. The smallest absolute Gasteiger partial charge is 0.416 e. The highest BCUT2D eigenvalue weighted by atomic mass is 31.2. The van der Waals surface area contributed by atoms with E-state index in [0.29, 0.717) is 11.8 Å². The van der Waals surface area contributed by atoms with Crippen LogP contribution in [0.25, 0.3) is 0 Å². The molecule has 0 N–H and O–H groups in total. The number of benzene rings is 1. The van der Waals surface area contributed by atoms with Gasteiger partial charge in [0.15, 0.2) is 0 Å². The Balaban J connectivity index is 1.73. The lowest BCUT2D eigenvalue weighted by Gasteiger charge is -2.29. The van der Waals surface area contributed by atoms with E-state index in [2.05, 4.69) is 4.98 Å². The van der Waals surface area contributed by atoms with Gasteiger partial charge in [-0.15, -0.1) is 0 Å². The van der Waals surface area contributed by atoms with Crippen LogP contribution in [-0.2, 0) is 4.57 Å². The first-order chi connectivity index (χ1) is 10.8. The van der Waals surface area contributed by atoms with Crippen LogP contribution in [0.2, 0.25) is 0 Å². The Hall–Kier alpha value is -1.84. The fourth-order valence-electron chi connectivity index (χ4n) is 3.27. The monoisotopic (exact) mass is 315 g/mol.